The van der Waals surface area contributed by atoms with Gasteiger partial charge in [0.2, 0.25) is 0 Å². The molecule has 0 radical (unpaired) electrons. The summed E-state index contributed by atoms with van der Waals surface area (Å²) in [6.07, 6.45) is 2.46. The second kappa shape index (κ2) is 10.4. The van der Waals surface area contributed by atoms with Gasteiger partial charge in [-0.1, -0.05) is 19.1 Å². The van der Waals surface area contributed by atoms with Gasteiger partial charge in [0.25, 0.3) is 5.91 Å². The Kier molecular flexibility index (Phi) is 7.68. The van der Waals surface area contributed by atoms with Gasteiger partial charge in [-0.25, -0.2) is 14.4 Å². The van der Waals surface area contributed by atoms with Crippen molar-refractivity contribution >= 4 is 17.5 Å². The molecule has 0 aliphatic carbocycles. The molecule has 1 aromatic carbocycles. The molecule has 2 heterocycles. The molecule has 1 amide bonds. The van der Waals surface area contributed by atoms with Crippen LogP contribution in [0.1, 0.15) is 60.0 Å². The van der Waals surface area contributed by atoms with Crippen LogP contribution in [-0.4, -0.2) is 59.3 Å². The minimum atomic E-state index is -0.434. The van der Waals surface area contributed by atoms with E-state index in [9.17, 15) is 14.0 Å². The van der Waals surface area contributed by atoms with E-state index in [1.807, 2.05) is 6.92 Å². The number of aromatic nitrogens is 2. The standard InChI is InChI=1S/C23H30FN5O2/c1-15(30)14-26-23(31)21-17(3)27-22(25-10-13-29-11-4-5-12-29)20(28-21)16(2)18-6-8-19(24)9-7-18/h6-9,16H,4-5,10-14H2,1-3H3,(H,25,27)(H,26,31). The minimum Gasteiger partial charge on any atom is -0.367 e. The van der Waals surface area contributed by atoms with Gasteiger partial charge in [0.15, 0.2) is 0 Å². The van der Waals surface area contributed by atoms with Gasteiger partial charge in [-0.15, -0.1) is 0 Å². The van der Waals surface area contributed by atoms with Crippen molar-refractivity contribution < 1.29 is 14.0 Å². The molecule has 7 nitrogen and oxygen atoms in total. The summed E-state index contributed by atoms with van der Waals surface area (Å²) in [7, 11) is 0. The third-order valence-corrected chi connectivity index (χ3v) is 5.51. The zero-order valence-corrected chi connectivity index (χ0v) is 18.4. The lowest BCUT2D eigenvalue weighted by Gasteiger charge is -2.20. The number of hydrogen-bond donors (Lipinski definition) is 2. The van der Waals surface area contributed by atoms with Crippen molar-refractivity contribution in [3.05, 3.63) is 52.7 Å². The van der Waals surface area contributed by atoms with E-state index in [0.717, 1.165) is 25.2 Å². The Labute approximate surface area is 182 Å². The molecule has 0 bridgehead atoms. The van der Waals surface area contributed by atoms with Crippen molar-refractivity contribution in [2.24, 2.45) is 0 Å². The van der Waals surface area contributed by atoms with Crippen molar-refractivity contribution in [3.63, 3.8) is 0 Å². The molecular formula is C23H30FN5O2. The zero-order chi connectivity index (χ0) is 22.4. The number of aryl methyl sites for hydroxylation is 1. The highest BCUT2D eigenvalue weighted by Crippen LogP contribution is 2.28. The van der Waals surface area contributed by atoms with Gasteiger partial charge in [0.05, 0.1) is 17.9 Å². The van der Waals surface area contributed by atoms with Gasteiger partial charge in [0, 0.05) is 19.0 Å². The number of benzene rings is 1. The molecule has 1 fully saturated rings. The molecule has 3 rings (SSSR count). The molecule has 1 aliphatic rings. The Morgan fingerprint density at radius 2 is 1.84 bits per heavy atom. The number of nitrogens with zero attached hydrogens (tertiary/aromatic N) is 3. The molecule has 1 atom stereocenters. The highest BCUT2D eigenvalue weighted by atomic mass is 19.1. The molecule has 1 aliphatic heterocycles. The molecule has 166 valence electrons. The lowest BCUT2D eigenvalue weighted by atomic mass is 9.97. The maximum absolute atomic E-state index is 13.4. The maximum Gasteiger partial charge on any atom is 0.272 e. The van der Waals surface area contributed by atoms with E-state index in [2.05, 4.69) is 25.5 Å². The molecular weight excluding hydrogens is 397 g/mol. The summed E-state index contributed by atoms with van der Waals surface area (Å²) in [6, 6.07) is 6.25. The average molecular weight is 428 g/mol. The Bertz CT molecular complexity index is 926. The number of amides is 1. The van der Waals surface area contributed by atoms with E-state index in [1.54, 1.807) is 19.1 Å². The van der Waals surface area contributed by atoms with E-state index >= 15 is 0 Å². The first-order chi connectivity index (χ1) is 14.8. The van der Waals surface area contributed by atoms with Crippen molar-refractivity contribution in [1.29, 1.82) is 0 Å². The van der Waals surface area contributed by atoms with Gasteiger partial charge in [-0.05, 0) is 57.5 Å². The molecule has 31 heavy (non-hydrogen) atoms. The van der Waals surface area contributed by atoms with Crippen LogP contribution in [0.5, 0.6) is 0 Å². The van der Waals surface area contributed by atoms with E-state index in [4.69, 9.17) is 0 Å². The normalized spacial score (nSPS) is 15.0. The van der Waals surface area contributed by atoms with Crippen molar-refractivity contribution in [2.45, 2.75) is 39.5 Å². The number of nitrogens with one attached hydrogen (secondary N) is 2. The summed E-state index contributed by atoms with van der Waals surface area (Å²) in [6.45, 7) is 8.89. The highest BCUT2D eigenvalue weighted by molar-refractivity contribution is 5.95. The topological polar surface area (TPSA) is 87.2 Å². The van der Waals surface area contributed by atoms with Crippen LogP contribution < -0.4 is 10.6 Å². The van der Waals surface area contributed by atoms with Crippen LogP contribution in [0.2, 0.25) is 0 Å². The SMILES string of the molecule is CC(=O)CNC(=O)c1nc(C(C)c2ccc(F)cc2)c(NCCN2CCCC2)nc1C. The Hall–Kier alpha value is -2.87. The first-order valence-corrected chi connectivity index (χ1v) is 10.7. The molecule has 1 unspecified atom stereocenters. The third kappa shape index (κ3) is 6.07. The summed E-state index contributed by atoms with van der Waals surface area (Å²) in [5.74, 6) is -0.464. The fourth-order valence-corrected chi connectivity index (χ4v) is 3.72. The van der Waals surface area contributed by atoms with Crippen LogP contribution >= 0.6 is 0 Å². The fourth-order valence-electron chi connectivity index (χ4n) is 3.72. The second-order valence-corrected chi connectivity index (χ2v) is 8.02. The summed E-state index contributed by atoms with van der Waals surface area (Å²) < 4.78 is 13.4. The van der Waals surface area contributed by atoms with Gasteiger partial charge in [-0.3, -0.25) is 9.59 Å². The number of Topliss-reactive ketones (excluding diaryl/α,β-unsaturated/α-hetero) is 1. The molecule has 0 saturated carbocycles. The number of ketones is 1. The quantitative estimate of drug-likeness (QED) is 0.640. The van der Waals surface area contributed by atoms with Crippen molar-refractivity contribution in [2.75, 3.05) is 38.0 Å². The number of anilines is 1. The average Bonchev–Trinajstić information content (AvgIpc) is 3.26. The Morgan fingerprint density at radius 3 is 2.48 bits per heavy atom. The lowest BCUT2D eigenvalue weighted by Crippen LogP contribution is -2.31. The van der Waals surface area contributed by atoms with E-state index in [1.165, 1.54) is 31.9 Å². The largest absolute Gasteiger partial charge is 0.367 e. The van der Waals surface area contributed by atoms with Crippen LogP contribution in [0.3, 0.4) is 0 Å². The zero-order valence-electron chi connectivity index (χ0n) is 18.4. The maximum atomic E-state index is 13.4. The fraction of sp³-hybridized carbons (Fsp3) is 0.478. The molecule has 2 N–H and O–H groups in total. The Balaban J connectivity index is 1.87. The summed E-state index contributed by atoms with van der Waals surface area (Å²) in [5, 5.41) is 5.97. The molecule has 8 heteroatoms. The molecule has 1 aromatic heterocycles. The Morgan fingerprint density at radius 1 is 1.16 bits per heavy atom. The first kappa shape index (κ1) is 22.8. The van der Waals surface area contributed by atoms with Crippen LogP contribution in [0.15, 0.2) is 24.3 Å². The number of likely N-dealkylation sites (tertiary alicyclic amines) is 1. The van der Waals surface area contributed by atoms with E-state index in [0.29, 0.717) is 23.8 Å². The number of rotatable bonds is 9. The van der Waals surface area contributed by atoms with Crippen LogP contribution in [0, 0.1) is 12.7 Å². The number of carbonyl (C=O) groups is 2. The number of carbonyl (C=O) groups excluding carboxylic acids is 2. The van der Waals surface area contributed by atoms with Crippen LogP contribution in [0.25, 0.3) is 0 Å². The summed E-state index contributed by atoms with van der Waals surface area (Å²) in [5.41, 5.74) is 2.17. The highest BCUT2D eigenvalue weighted by Gasteiger charge is 2.22. The first-order valence-electron chi connectivity index (χ1n) is 10.7. The van der Waals surface area contributed by atoms with Crippen LogP contribution in [0.4, 0.5) is 10.2 Å². The van der Waals surface area contributed by atoms with E-state index in [-0.39, 0.29) is 29.8 Å². The molecule has 0 spiro atoms. The van der Waals surface area contributed by atoms with Gasteiger partial charge >= 0.3 is 0 Å². The van der Waals surface area contributed by atoms with Crippen molar-refractivity contribution in [3.8, 4) is 0 Å². The summed E-state index contributed by atoms with van der Waals surface area (Å²) in [4.78, 5) is 35.5. The van der Waals surface area contributed by atoms with Crippen molar-refractivity contribution in [1.82, 2.24) is 20.2 Å². The van der Waals surface area contributed by atoms with E-state index < -0.39 is 5.91 Å². The minimum absolute atomic E-state index is 0.0569. The number of halogens is 1. The predicted molar refractivity (Wildman–Crippen MR) is 118 cm³/mol. The smallest absolute Gasteiger partial charge is 0.272 e. The molecule has 2 aromatic rings. The summed E-state index contributed by atoms with van der Waals surface area (Å²) >= 11 is 0. The monoisotopic (exact) mass is 427 g/mol. The lowest BCUT2D eigenvalue weighted by molar-refractivity contribution is -0.116. The van der Waals surface area contributed by atoms with Crippen LogP contribution in [-0.2, 0) is 4.79 Å². The van der Waals surface area contributed by atoms with Gasteiger partial charge < -0.3 is 15.5 Å². The molecule has 1 saturated heterocycles. The third-order valence-electron chi connectivity index (χ3n) is 5.51. The predicted octanol–water partition coefficient (Wildman–Crippen LogP) is 2.90. The van der Waals surface area contributed by atoms with Gasteiger partial charge in [0.1, 0.15) is 23.1 Å². The number of hydrogen-bond acceptors (Lipinski definition) is 6. The van der Waals surface area contributed by atoms with Gasteiger partial charge in [-0.2, -0.15) is 0 Å². The second-order valence-electron chi connectivity index (χ2n) is 8.02.